The van der Waals surface area contributed by atoms with Crippen molar-refractivity contribution >= 4 is 11.9 Å². The first-order valence-electron chi connectivity index (χ1n) is 7.70. The Morgan fingerprint density at radius 3 is 2.35 bits per heavy atom. The molecule has 0 aromatic carbocycles. The van der Waals surface area contributed by atoms with E-state index in [-0.39, 0.29) is 18.4 Å². The molecule has 0 spiro atoms. The van der Waals surface area contributed by atoms with Crippen molar-refractivity contribution in [2.45, 2.75) is 58.0 Å². The number of carbonyl (C=O) groups excluding carboxylic acids is 1. The summed E-state index contributed by atoms with van der Waals surface area (Å²) in [7, 11) is 0. The molecule has 1 heterocycles. The van der Waals surface area contributed by atoms with Crippen molar-refractivity contribution in [1.29, 1.82) is 0 Å². The van der Waals surface area contributed by atoms with Gasteiger partial charge in [0.05, 0.1) is 11.5 Å². The van der Waals surface area contributed by atoms with Crippen LogP contribution in [0.3, 0.4) is 0 Å². The fourth-order valence-electron chi connectivity index (χ4n) is 3.43. The first kappa shape index (κ1) is 15.3. The van der Waals surface area contributed by atoms with Gasteiger partial charge >= 0.3 is 5.97 Å². The zero-order chi connectivity index (χ0) is 14.6. The number of rotatable bonds is 5. The zero-order valence-corrected chi connectivity index (χ0v) is 12.3. The Bertz CT molecular complexity index is 355. The monoisotopic (exact) mass is 283 g/mol. The van der Waals surface area contributed by atoms with Gasteiger partial charge in [-0.15, -0.1) is 0 Å². The summed E-state index contributed by atoms with van der Waals surface area (Å²) in [5.74, 6) is -0.795. The van der Waals surface area contributed by atoms with Crippen LogP contribution < -0.4 is 0 Å². The van der Waals surface area contributed by atoms with Gasteiger partial charge in [0, 0.05) is 26.1 Å². The predicted octanol–water partition coefficient (Wildman–Crippen LogP) is 2.05. The molecule has 2 rings (SSSR count). The number of amides is 1. The molecule has 0 radical (unpaired) electrons. The second-order valence-electron chi connectivity index (χ2n) is 6.00. The number of carbonyl (C=O) groups is 2. The smallest absolute Gasteiger partial charge is 0.310 e. The lowest BCUT2D eigenvalue weighted by Gasteiger charge is -2.34. The summed E-state index contributed by atoms with van der Waals surface area (Å²) in [4.78, 5) is 25.7. The maximum atomic E-state index is 12.4. The molecule has 1 amide bonds. The Kier molecular flexibility index (Phi) is 5.02. The van der Waals surface area contributed by atoms with E-state index >= 15 is 0 Å². The third-order valence-corrected chi connectivity index (χ3v) is 4.70. The number of carboxylic acid groups (broad SMARTS) is 1. The lowest BCUT2D eigenvalue weighted by atomic mass is 9.82. The second kappa shape index (κ2) is 6.57. The SMILES string of the molecule is CCOC1CCN(C(=O)CC2(C(=O)O)CCCC2)CC1. The lowest BCUT2D eigenvalue weighted by Crippen LogP contribution is -2.44. The molecule has 1 aliphatic heterocycles. The molecular formula is C15H25NO4. The first-order chi connectivity index (χ1) is 9.57. The molecule has 0 aromatic heterocycles. The van der Waals surface area contributed by atoms with Crippen LogP contribution in [0.25, 0.3) is 0 Å². The van der Waals surface area contributed by atoms with Crippen LogP contribution in [0, 0.1) is 5.41 Å². The third kappa shape index (κ3) is 3.32. The summed E-state index contributed by atoms with van der Waals surface area (Å²) in [5.41, 5.74) is -0.798. The van der Waals surface area contributed by atoms with Crippen molar-refractivity contribution in [3.05, 3.63) is 0 Å². The van der Waals surface area contributed by atoms with Crippen LogP contribution in [0.5, 0.6) is 0 Å². The zero-order valence-electron chi connectivity index (χ0n) is 12.3. The van der Waals surface area contributed by atoms with Gasteiger partial charge in [0.1, 0.15) is 0 Å². The minimum atomic E-state index is -0.799. The Hall–Kier alpha value is -1.10. The van der Waals surface area contributed by atoms with Crippen molar-refractivity contribution in [2.24, 2.45) is 5.41 Å². The largest absolute Gasteiger partial charge is 0.481 e. The highest BCUT2D eigenvalue weighted by Crippen LogP contribution is 2.41. The summed E-state index contributed by atoms with van der Waals surface area (Å²) < 4.78 is 5.57. The van der Waals surface area contributed by atoms with E-state index in [1.54, 1.807) is 0 Å². The first-order valence-corrected chi connectivity index (χ1v) is 7.70. The van der Waals surface area contributed by atoms with Crippen LogP contribution in [0.1, 0.15) is 51.9 Å². The number of piperidine rings is 1. The van der Waals surface area contributed by atoms with Crippen molar-refractivity contribution in [1.82, 2.24) is 4.90 Å². The molecule has 114 valence electrons. The minimum Gasteiger partial charge on any atom is -0.481 e. The highest BCUT2D eigenvalue weighted by molar-refractivity contribution is 5.85. The summed E-state index contributed by atoms with van der Waals surface area (Å²) in [5, 5.41) is 9.43. The van der Waals surface area contributed by atoms with E-state index in [4.69, 9.17) is 4.74 Å². The fourth-order valence-corrected chi connectivity index (χ4v) is 3.43. The van der Waals surface area contributed by atoms with E-state index in [0.717, 1.165) is 25.7 Å². The van der Waals surface area contributed by atoms with Gasteiger partial charge in [-0.2, -0.15) is 0 Å². The lowest BCUT2D eigenvalue weighted by molar-refractivity contribution is -0.154. The quantitative estimate of drug-likeness (QED) is 0.838. The fraction of sp³-hybridized carbons (Fsp3) is 0.867. The summed E-state index contributed by atoms with van der Waals surface area (Å²) >= 11 is 0. The van der Waals surface area contributed by atoms with E-state index in [2.05, 4.69) is 0 Å². The molecule has 0 bridgehead atoms. The molecule has 1 aliphatic carbocycles. The molecule has 5 nitrogen and oxygen atoms in total. The van der Waals surface area contributed by atoms with Crippen molar-refractivity contribution in [3.63, 3.8) is 0 Å². The average molecular weight is 283 g/mol. The molecule has 1 N–H and O–H groups in total. The van der Waals surface area contributed by atoms with E-state index in [0.29, 0.717) is 32.5 Å². The number of nitrogens with zero attached hydrogens (tertiary/aromatic N) is 1. The van der Waals surface area contributed by atoms with E-state index in [1.165, 1.54) is 0 Å². The Balaban J connectivity index is 1.87. The maximum absolute atomic E-state index is 12.4. The van der Waals surface area contributed by atoms with E-state index in [1.807, 2.05) is 11.8 Å². The average Bonchev–Trinajstić information content (AvgIpc) is 2.90. The molecule has 2 aliphatic rings. The topological polar surface area (TPSA) is 66.8 Å². The number of aliphatic carboxylic acids is 1. The Morgan fingerprint density at radius 1 is 1.25 bits per heavy atom. The highest BCUT2D eigenvalue weighted by atomic mass is 16.5. The van der Waals surface area contributed by atoms with E-state index < -0.39 is 11.4 Å². The van der Waals surface area contributed by atoms with Gasteiger partial charge in [-0.25, -0.2) is 0 Å². The van der Waals surface area contributed by atoms with Gasteiger partial charge < -0.3 is 14.7 Å². The number of ether oxygens (including phenoxy) is 1. The molecule has 1 saturated carbocycles. The van der Waals surface area contributed by atoms with Gasteiger partial charge in [0.25, 0.3) is 0 Å². The maximum Gasteiger partial charge on any atom is 0.310 e. The van der Waals surface area contributed by atoms with Crippen LogP contribution in [0.2, 0.25) is 0 Å². The number of carboxylic acids is 1. The second-order valence-corrected chi connectivity index (χ2v) is 6.00. The van der Waals surface area contributed by atoms with E-state index in [9.17, 15) is 14.7 Å². The Morgan fingerprint density at radius 2 is 1.85 bits per heavy atom. The summed E-state index contributed by atoms with van der Waals surface area (Å²) in [6.07, 6.45) is 5.27. The summed E-state index contributed by atoms with van der Waals surface area (Å²) in [6, 6.07) is 0. The van der Waals surface area contributed by atoms with Gasteiger partial charge in [-0.05, 0) is 32.6 Å². The van der Waals surface area contributed by atoms with Gasteiger partial charge in [-0.3, -0.25) is 9.59 Å². The molecule has 0 aromatic rings. The molecule has 2 fully saturated rings. The minimum absolute atomic E-state index is 0.00393. The van der Waals surface area contributed by atoms with Crippen LogP contribution >= 0.6 is 0 Å². The highest BCUT2D eigenvalue weighted by Gasteiger charge is 2.44. The van der Waals surface area contributed by atoms with Crippen molar-refractivity contribution in [3.8, 4) is 0 Å². The van der Waals surface area contributed by atoms with Crippen LogP contribution in [0.4, 0.5) is 0 Å². The molecule has 1 saturated heterocycles. The predicted molar refractivity (Wildman–Crippen MR) is 74.4 cm³/mol. The van der Waals surface area contributed by atoms with Crippen molar-refractivity contribution in [2.75, 3.05) is 19.7 Å². The van der Waals surface area contributed by atoms with Crippen LogP contribution in [-0.2, 0) is 14.3 Å². The Labute approximate surface area is 120 Å². The van der Waals surface area contributed by atoms with Gasteiger partial charge in [0.15, 0.2) is 0 Å². The third-order valence-electron chi connectivity index (χ3n) is 4.70. The number of hydrogen-bond donors (Lipinski definition) is 1. The number of likely N-dealkylation sites (tertiary alicyclic amines) is 1. The van der Waals surface area contributed by atoms with Gasteiger partial charge in [0.2, 0.25) is 5.91 Å². The molecule has 0 unspecified atom stereocenters. The summed E-state index contributed by atoms with van der Waals surface area (Å²) in [6.45, 7) is 4.08. The standard InChI is InChI=1S/C15H25NO4/c1-2-20-12-5-9-16(10-6-12)13(17)11-15(14(18)19)7-3-4-8-15/h12H,2-11H2,1H3,(H,18,19). The number of hydrogen-bond acceptors (Lipinski definition) is 3. The van der Waals surface area contributed by atoms with Crippen molar-refractivity contribution < 1.29 is 19.4 Å². The van der Waals surface area contributed by atoms with Gasteiger partial charge in [-0.1, -0.05) is 12.8 Å². The normalized spacial score (nSPS) is 22.9. The van der Waals surface area contributed by atoms with Crippen LogP contribution in [0.15, 0.2) is 0 Å². The molecular weight excluding hydrogens is 258 g/mol. The molecule has 5 heteroatoms. The molecule has 0 atom stereocenters. The van der Waals surface area contributed by atoms with Crippen LogP contribution in [-0.4, -0.2) is 47.7 Å². The molecule has 20 heavy (non-hydrogen) atoms.